The Hall–Kier alpha value is -0.610. The first-order valence-electron chi connectivity index (χ1n) is 5.79. The number of ether oxygens (including phenoxy) is 1. The van der Waals surface area contributed by atoms with Crippen molar-refractivity contribution in [2.45, 2.75) is 52.7 Å². The molecule has 1 amide bonds. The zero-order valence-electron chi connectivity index (χ0n) is 11.0. The largest absolute Gasteiger partial charge is 0.393 e. The van der Waals surface area contributed by atoms with Crippen LogP contribution in [0, 0.1) is 5.92 Å². The number of aliphatic hydroxyl groups is 1. The van der Waals surface area contributed by atoms with E-state index in [-0.39, 0.29) is 30.1 Å². The van der Waals surface area contributed by atoms with Gasteiger partial charge in [0, 0.05) is 6.54 Å². The number of nitrogens with one attached hydrogen (secondary N) is 1. The molecule has 0 aliphatic carbocycles. The summed E-state index contributed by atoms with van der Waals surface area (Å²) in [5, 5.41) is 11.9. The molecule has 4 heteroatoms. The first kappa shape index (κ1) is 15.4. The summed E-state index contributed by atoms with van der Waals surface area (Å²) in [6, 6.07) is 0. The van der Waals surface area contributed by atoms with Gasteiger partial charge in [-0.1, -0.05) is 6.92 Å². The minimum absolute atomic E-state index is 0.0882. The minimum Gasteiger partial charge on any atom is -0.393 e. The van der Waals surface area contributed by atoms with Crippen molar-refractivity contribution in [3.63, 3.8) is 0 Å². The zero-order valence-corrected chi connectivity index (χ0v) is 11.0. The van der Waals surface area contributed by atoms with Crippen molar-refractivity contribution in [2.75, 3.05) is 13.2 Å². The summed E-state index contributed by atoms with van der Waals surface area (Å²) in [4.78, 5) is 11.4. The van der Waals surface area contributed by atoms with Crippen LogP contribution in [0.5, 0.6) is 0 Å². The quantitative estimate of drug-likeness (QED) is 0.725. The van der Waals surface area contributed by atoms with E-state index in [1.807, 2.05) is 27.7 Å². The highest BCUT2D eigenvalue weighted by atomic mass is 16.5. The topological polar surface area (TPSA) is 58.6 Å². The normalized spacial score (nSPS) is 15.6. The Labute approximate surface area is 98.4 Å². The van der Waals surface area contributed by atoms with Crippen molar-refractivity contribution in [1.29, 1.82) is 0 Å². The average molecular weight is 231 g/mol. The number of rotatable bonds is 6. The molecular weight excluding hydrogens is 206 g/mol. The lowest BCUT2D eigenvalue weighted by Crippen LogP contribution is -2.35. The monoisotopic (exact) mass is 231 g/mol. The van der Waals surface area contributed by atoms with Crippen molar-refractivity contribution >= 4 is 5.91 Å². The third-order valence-electron chi connectivity index (χ3n) is 2.03. The molecular formula is C12H25NO3. The summed E-state index contributed by atoms with van der Waals surface area (Å²) in [7, 11) is 0. The fraction of sp³-hybridized carbons (Fsp3) is 0.917. The Balaban J connectivity index is 3.65. The summed E-state index contributed by atoms with van der Waals surface area (Å²) < 4.78 is 5.34. The van der Waals surface area contributed by atoms with E-state index in [0.29, 0.717) is 13.0 Å². The van der Waals surface area contributed by atoms with Crippen molar-refractivity contribution < 1.29 is 14.6 Å². The molecule has 0 aromatic heterocycles. The number of carbonyl (C=O) groups is 1. The van der Waals surface area contributed by atoms with Crippen molar-refractivity contribution in [3.05, 3.63) is 0 Å². The van der Waals surface area contributed by atoms with Crippen LogP contribution in [0.25, 0.3) is 0 Å². The predicted octanol–water partition coefficient (Wildman–Crippen LogP) is 1.32. The minimum atomic E-state index is -0.322. The highest BCUT2D eigenvalue weighted by Crippen LogP contribution is 2.06. The number of amides is 1. The first-order chi connectivity index (χ1) is 7.20. The van der Waals surface area contributed by atoms with Gasteiger partial charge in [-0.25, -0.2) is 0 Å². The number of hydrogen-bond acceptors (Lipinski definition) is 3. The summed E-state index contributed by atoms with van der Waals surface area (Å²) in [5.74, 6) is 0.172. The second-order valence-electron chi connectivity index (χ2n) is 5.40. The molecule has 0 bridgehead atoms. The second-order valence-corrected chi connectivity index (χ2v) is 5.40. The Bertz CT molecular complexity index is 209. The summed E-state index contributed by atoms with van der Waals surface area (Å²) in [6.07, 6.45) is 0.373. The smallest absolute Gasteiger partial charge is 0.246 e. The molecule has 0 spiro atoms. The van der Waals surface area contributed by atoms with E-state index in [0.717, 1.165) is 0 Å². The molecule has 0 aliphatic rings. The Morgan fingerprint density at radius 2 is 1.94 bits per heavy atom. The highest BCUT2D eigenvalue weighted by molar-refractivity contribution is 5.77. The molecule has 0 saturated heterocycles. The molecule has 4 nitrogen and oxygen atoms in total. The molecule has 0 fully saturated rings. The maximum Gasteiger partial charge on any atom is 0.246 e. The number of hydrogen-bond donors (Lipinski definition) is 2. The van der Waals surface area contributed by atoms with Crippen LogP contribution in [0.3, 0.4) is 0 Å². The molecule has 2 atom stereocenters. The van der Waals surface area contributed by atoms with Gasteiger partial charge in [-0.15, -0.1) is 0 Å². The van der Waals surface area contributed by atoms with Crippen LogP contribution in [0.15, 0.2) is 0 Å². The molecule has 0 aliphatic heterocycles. The van der Waals surface area contributed by atoms with E-state index in [4.69, 9.17) is 9.84 Å². The van der Waals surface area contributed by atoms with Gasteiger partial charge in [0.2, 0.25) is 5.91 Å². The molecule has 0 rings (SSSR count). The maximum absolute atomic E-state index is 11.4. The molecule has 0 heterocycles. The van der Waals surface area contributed by atoms with E-state index >= 15 is 0 Å². The van der Waals surface area contributed by atoms with Gasteiger partial charge in [0.15, 0.2) is 0 Å². The van der Waals surface area contributed by atoms with Crippen molar-refractivity contribution in [1.82, 2.24) is 5.32 Å². The van der Waals surface area contributed by atoms with Crippen LogP contribution in [-0.2, 0) is 9.53 Å². The SMILES string of the molecule is CC(O)CC(C)CNC(=O)COC(C)(C)C. The molecule has 2 unspecified atom stereocenters. The lowest BCUT2D eigenvalue weighted by molar-refractivity contribution is -0.130. The van der Waals surface area contributed by atoms with Gasteiger partial charge in [0.05, 0.1) is 11.7 Å². The molecule has 0 radical (unpaired) electrons. The molecule has 96 valence electrons. The van der Waals surface area contributed by atoms with Crippen LogP contribution < -0.4 is 5.32 Å². The molecule has 0 aromatic carbocycles. The fourth-order valence-corrected chi connectivity index (χ4v) is 1.29. The lowest BCUT2D eigenvalue weighted by Gasteiger charge is -2.19. The summed E-state index contributed by atoms with van der Waals surface area (Å²) >= 11 is 0. The van der Waals surface area contributed by atoms with Gasteiger partial charge in [-0.05, 0) is 40.0 Å². The van der Waals surface area contributed by atoms with E-state index in [1.54, 1.807) is 6.92 Å². The average Bonchev–Trinajstić information content (AvgIpc) is 2.09. The van der Waals surface area contributed by atoms with Gasteiger partial charge in [-0.2, -0.15) is 0 Å². The summed E-state index contributed by atoms with van der Waals surface area (Å²) in [5.41, 5.74) is -0.289. The fourth-order valence-electron chi connectivity index (χ4n) is 1.29. The Morgan fingerprint density at radius 1 is 1.38 bits per heavy atom. The zero-order chi connectivity index (χ0) is 12.8. The van der Waals surface area contributed by atoms with Crippen LogP contribution >= 0.6 is 0 Å². The molecule has 0 saturated carbocycles. The van der Waals surface area contributed by atoms with E-state index in [2.05, 4.69) is 5.32 Å². The van der Waals surface area contributed by atoms with Crippen LogP contribution in [0.4, 0.5) is 0 Å². The van der Waals surface area contributed by atoms with Gasteiger partial charge < -0.3 is 15.2 Å². The van der Waals surface area contributed by atoms with Gasteiger partial charge in [-0.3, -0.25) is 4.79 Å². The van der Waals surface area contributed by atoms with Crippen LogP contribution in [-0.4, -0.2) is 35.9 Å². The van der Waals surface area contributed by atoms with Gasteiger partial charge >= 0.3 is 0 Å². The van der Waals surface area contributed by atoms with Crippen LogP contribution in [0.1, 0.15) is 41.0 Å². The summed E-state index contributed by atoms with van der Waals surface area (Å²) in [6.45, 7) is 10.2. The van der Waals surface area contributed by atoms with Crippen molar-refractivity contribution in [2.24, 2.45) is 5.92 Å². The standard InChI is InChI=1S/C12H25NO3/c1-9(6-10(2)14)7-13-11(15)8-16-12(3,4)5/h9-10,14H,6-8H2,1-5H3,(H,13,15). The van der Waals surface area contributed by atoms with Gasteiger partial charge in [0.1, 0.15) is 6.61 Å². The molecule has 16 heavy (non-hydrogen) atoms. The highest BCUT2D eigenvalue weighted by Gasteiger charge is 2.13. The number of carbonyl (C=O) groups excluding carboxylic acids is 1. The Kier molecular flexibility index (Phi) is 6.60. The second kappa shape index (κ2) is 6.86. The van der Waals surface area contributed by atoms with Gasteiger partial charge in [0.25, 0.3) is 0 Å². The predicted molar refractivity (Wildman–Crippen MR) is 64.2 cm³/mol. The Morgan fingerprint density at radius 3 is 2.38 bits per heavy atom. The van der Waals surface area contributed by atoms with E-state index in [9.17, 15) is 4.79 Å². The third kappa shape index (κ3) is 9.93. The van der Waals surface area contributed by atoms with Crippen molar-refractivity contribution in [3.8, 4) is 0 Å². The van der Waals surface area contributed by atoms with E-state index in [1.165, 1.54) is 0 Å². The molecule has 2 N–H and O–H groups in total. The first-order valence-corrected chi connectivity index (χ1v) is 5.79. The van der Waals surface area contributed by atoms with E-state index < -0.39 is 0 Å². The number of aliphatic hydroxyl groups excluding tert-OH is 1. The lowest BCUT2D eigenvalue weighted by atomic mass is 10.1. The maximum atomic E-state index is 11.4. The third-order valence-corrected chi connectivity index (χ3v) is 2.03. The van der Waals surface area contributed by atoms with Crippen LogP contribution in [0.2, 0.25) is 0 Å². The molecule has 0 aromatic rings.